The largest absolute Gasteiger partial charge is 0.497 e. The lowest BCUT2D eigenvalue weighted by molar-refractivity contribution is 0.326. The van der Waals surface area contributed by atoms with Crippen LogP contribution in [0.5, 0.6) is 5.75 Å². The summed E-state index contributed by atoms with van der Waals surface area (Å²) < 4.78 is 5.32. The fraction of sp³-hybridized carbons (Fsp3) is 0.368. The zero-order valence-electron chi connectivity index (χ0n) is 13.8. The minimum atomic E-state index is -0.0281. The van der Waals surface area contributed by atoms with Gasteiger partial charge in [-0.15, -0.1) is 11.6 Å². The van der Waals surface area contributed by atoms with Crippen molar-refractivity contribution >= 4 is 11.6 Å². The molecule has 0 heterocycles. The summed E-state index contributed by atoms with van der Waals surface area (Å²) in [6, 6.07) is 14.6. The molecular weight excluding hydrogens is 294 g/mol. The van der Waals surface area contributed by atoms with Gasteiger partial charge < -0.3 is 9.64 Å². The van der Waals surface area contributed by atoms with E-state index >= 15 is 0 Å². The van der Waals surface area contributed by atoms with Gasteiger partial charge in [-0.1, -0.05) is 30.3 Å². The molecule has 0 aromatic heterocycles. The molecule has 118 valence electrons. The molecule has 0 aliphatic carbocycles. The van der Waals surface area contributed by atoms with E-state index in [0.29, 0.717) is 0 Å². The average Bonchev–Trinajstić information content (AvgIpc) is 2.47. The van der Waals surface area contributed by atoms with Gasteiger partial charge in [-0.05, 0) is 55.3 Å². The number of rotatable bonds is 6. The highest BCUT2D eigenvalue weighted by molar-refractivity contribution is 6.21. The first-order valence-corrected chi connectivity index (χ1v) is 7.96. The second kappa shape index (κ2) is 7.66. The van der Waals surface area contributed by atoms with Crippen molar-refractivity contribution in [1.82, 2.24) is 4.90 Å². The number of aryl methyl sites for hydroxylation is 2. The normalized spacial score (nSPS) is 12.5. The van der Waals surface area contributed by atoms with Crippen LogP contribution in [0.25, 0.3) is 0 Å². The van der Waals surface area contributed by atoms with Gasteiger partial charge in [0.25, 0.3) is 0 Å². The Balaban J connectivity index is 2.07. The van der Waals surface area contributed by atoms with E-state index < -0.39 is 0 Å². The van der Waals surface area contributed by atoms with Crippen molar-refractivity contribution in [3.8, 4) is 5.75 Å². The minimum Gasteiger partial charge on any atom is -0.497 e. The van der Waals surface area contributed by atoms with Gasteiger partial charge >= 0.3 is 0 Å². The molecule has 22 heavy (non-hydrogen) atoms. The number of ether oxygens (including phenoxy) is 1. The summed E-state index contributed by atoms with van der Waals surface area (Å²) in [5.41, 5.74) is 4.88. The second-order valence-corrected chi connectivity index (χ2v) is 6.35. The van der Waals surface area contributed by atoms with E-state index in [1.807, 2.05) is 6.07 Å². The van der Waals surface area contributed by atoms with Gasteiger partial charge in [0.2, 0.25) is 0 Å². The minimum absolute atomic E-state index is 0.0281. The molecule has 0 saturated carbocycles. The maximum absolute atomic E-state index is 6.69. The van der Waals surface area contributed by atoms with Crippen molar-refractivity contribution < 1.29 is 4.74 Å². The van der Waals surface area contributed by atoms with Crippen LogP contribution in [0.2, 0.25) is 0 Å². The average molecular weight is 318 g/mol. The number of nitrogens with zero attached hydrogens (tertiary/aromatic N) is 1. The molecule has 2 nitrogen and oxygen atoms in total. The van der Waals surface area contributed by atoms with Crippen LogP contribution in [-0.2, 0) is 6.54 Å². The van der Waals surface area contributed by atoms with Crippen LogP contribution in [0.1, 0.15) is 27.6 Å². The first-order valence-electron chi connectivity index (χ1n) is 7.53. The third kappa shape index (κ3) is 4.25. The number of hydrogen-bond donors (Lipinski definition) is 0. The van der Waals surface area contributed by atoms with Crippen molar-refractivity contribution in [2.24, 2.45) is 0 Å². The Morgan fingerprint density at radius 3 is 2.23 bits per heavy atom. The van der Waals surface area contributed by atoms with E-state index in [-0.39, 0.29) is 5.38 Å². The summed E-state index contributed by atoms with van der Waals surface area (Å²) in [4.78, 5) is 2.26. The molecule has 0 aliphatic rings. The lowest BCUT2D eigenvalue weighted by Gasteiger charge is -2.23. The van der Waals surface area contributed by atoms with Gasteiger partial charge in [0.05, 0.1) is 12.5 Å². The summed E-state index contributed by atoms with van der Waals surface area (Å²) in [7, 11) is 3.80. The van der Waals surface area contributed by atoms with Gasteiger partial charge in [0, 0.05) is 13.1 Å². The standard InChI is InChI=1S/C19H24ClNO/c1-14-10-17(22-4)11-15(2)19(14)18(20)13-21(3)12-16-8-6-5-7-9-16/h5-11,18H,12-13H2,1-4H3. The molecule has 3 heteroatoms. The highest BCUT2D eigenvalue weighted by Gasteiger charge is 2.17. The first kappa shape index (κ1) is 16.9. The highest BCUT2D eigenvalue weighted by Crippen LogP contribution is 2.31. The van der Waals surface area contributed by atoms with Gasteiger partial charge in [0.15, 0.2) is 0 Å². The summed E-state index contributed by atoms with van der Waals surface area (Å²) in [5, 5.41) is -0.0281. The van der Waals surface area contributed by atoms with Crippen LogP contribution in [0, 0.1) is 13.8 Å². The molecule has 0 aliphatic heterocycles. The molecule has 1 atom stereocenters. The zero-order valence-corrected chi connectivity index (χ0v) is 14.5. The summed E-state index contributed by atoms with van der Waals surface area (Å²) >= 11 is 6.69. The molecule has 0 bridgehead atoms. The van der Waals surface area contributed by atoms with E-state index in [4.69, 9.17) is 16.3 Å². The molecule has 2 rings (SSSR count). The van der Waals surface area contributed by atoms with E-state index in [9.17, 15) is 0 Å². The Bertz CT molecular complexity index is 589. The molecule has 0 fully saturated rings. The smallest absolute Gasteiger partial charge is 0.119 e. The first-order chi connectivity index (χ1) is 10.5. The molecule has 2 aromatic carbocycles. The lowest BCUT2D eigenvalue weighted by Crippen LogP contribution is -2.23. The highest BCUT2D eigenvalue weighted by atomic mass is 35.5. The maximum atomic E-state index is 6.69. The monoisotopic (exact) mass is 317 g/mol. The van der Waals surface area contributed by atoms with Gasteiger partial charge in [-0.25, -0.2) is 0 Å². The maximum Gasteiger partial charge on any atom is 0.119 e. The van der Waals surface area contributed by atoms with Crippen molar-refractivity contribution in [3.63, 3.8) is 0 Å². The quantitative estimate of drug-likeness (QED) is 0.714. The SMILES string of the molecule is COc1cc(C)c(C(Cl)CN(C)Cc2ccccc2)c(C)c1. The van der Waals surface area contributed by atoms with Crippen LogP contribution in [-0.4, -0.2) is 25.6 Å². The molecule has 2 aromatic rings. The van der Waals surface area contributed by atoms with Crippen LogP contribution in [0.15, 0.2) is 42.5 Å². The molecule has 0 radical (unpaired) electrons. The van der Waals surface area contributed by atoms with E-state index in [1.165, 1.54) is 22.3 Å². The third-order valence-corrected chi connectivity index (χ3v) is 4.24. The van der Waals surface area contributed by atoms with Gasteiger partial charge in [-0.2, -0.15) is 0 Å². The summed E-state index contributed by atoms with van der Waals surface area (Å²) in [5.74, 6) is 0.889. The Morgan fingerprint density at radius 2 is 1.68 bits per heavy atom. The number of benzene rings is 2. The number of halogens is 1. The van der Waals surface area contributed by atoms with Crippen molar-refractivity contribution in [2.75, 3.05) is 20.7 Å². The van der Waals surface area contributed by atoms with Crippen molar-refractivity contribution in [3.05, 3.63) is 64.7 Å². The summed E-state index contributed by atoms with van der Waals surface area (Å²) in [6.45, 7) is 5.90. The lowest BCUT2D eigenvalue weighted by atomic mass is 9.99. The van der Waals surface area contributed by atoms with E-state index in [0.717, 1.165) is 18.8 Å². The van der Waals surface area contributed by atoms with E-state index in [1.54, 1.807) is 7.11 Å². The Hall–Kier alpha value is -1.51. The van der Waals surface area contributed by atoms with Gasteiger partial charge in [-0.3, -0.25) is 0 Å². The number of likely N-dealkylation sites (N-methyl/N-ethyl adjacent to an activating group) is 1. The number of hydrogen-bond acceptors (Lipinski definition) is 2. The van der Waals surface area contributed by atoms with Crippen molar-refractivity contribution in [2.45, 2.75) is 25.8 Å². The number of methoxy groups -OCH3 is 1. The second-order valence-electron chi connectivity index (χ2n) is 5.82. The molecule has 0 amide bonds. The van der Waals surface area contributed by atoms with Crippen LogP contribution in [0.4, 0.5) is 0 Å². The fourth-order valence-corrected chi connectivity index (χ4v) is 3.45. The van der Waals surface area contributed by atoms with Crippen LogP contribution < -0.4 is 4.74 Å². The molecular formula is C19H24ClNO. The number of alkyl halides is 1. The fourth-order valence-electron chi connectivity index (χ4n) is 2.87. The van der Waals surface area contributed by atoms with Crippen molar-refractivity contribution in [1.29, 1.82) is 0 Å². The topological polar surface area (TPSA) is 12.5 Å². The molecule has 0 N–H and O–H groups in total. The summed E-state index contributed by atoms with van der Waals surface area (Å²) in [6.07, 6.45) is 0. The van der Waals surface area contributed by atoms with Crippen LogP contribution in [0.3, 0.4) is 0 Å². The Morgan fingerprint density at radius 1 is 1.09 bits per heavy atom. The zero-order chi connectivity index (χ0) is 16.1. The molecule has 1 unspecified atom stereocenters. The Labute approximate surface area is 138 Å². The van der Waals surface area contributed by atoms with Crippen LogP contribution >= 0.6 is 11.6 Å². The molecule has 0 spiro atoms. The third-order valence-electron chi connectivity index (χ3n) is 3.88. The Kier molecular flexibility index (Phi) is 5.87. The van der Waals surface area contributed by atoms with E-state index in [2.05, 4.69) is 62.2 Å². The predicted octanol–water partition coefficient (Wildman–Crippen LogP) is 4.72. The predicted molar refractivity (Wildman–Crippen MR) is 93.8 cm³/mol. The van der Waals surface area contributed by atoms with Gasteiger partial charge in [0.1, 0.15) is 5.75 Å². The molecule has 0 saturated heterocycles.